The molecule has 0 unspecified atom stereocenters. The van der Waals surface area contributed by atoms with Crippen molar-refractivity contribution in [3.8, 4) is 11.4 Å². The molecule has 4 heteroatoms. The molecule has 2 aromatic rings. The lowest BCUT2D eigenvalue weighted by molar-refractivity contribution is 0.380. The van der Waals surface area contributed by atoms with Crippen LogP contribution in [0.3, 0.4) is 0 Å². The van der Waals surface area contributed by atoms with Crippen LogP contribution in [0.4, 0.5) is 0 Å². The van der Waals surface area contributed by atoms with Gasteiger partial charge in [0.2, 0.25) is 11.7 Å². The van der Waals surface area contributed by atoms with E-state index in [1.54, 1.807) is 0 Å². The van der Waals surface area contributed by atoms with Crippen LogP contribution in [-0.4, -0.2) is 10.1 Å². The van der Waals surface area contributed by atoms with E-state index in [0.717, 1.165) is 5.56 Å². The molecule has 16 heavy (non-hydrogen) atoms. The minimum Gasteiger partial charge on any atom is -0.338 e. The van der Waals surface area contributed by atoms with Crippen molar-refractivity contribution in [2.45, 2.75) is 27.3 Å². The van der Waals surface area contributed by atoms with Gasteiger partial charge in [0.1, 0.15) is 0 Å². The Bertz CT molecular complexity index is 494. The number of hydrogen-bond acceptors (Lipinski definition) is 4. The van der Waals surface area contributed by atoms with Crippen molar-refractivity contribution in [1.29, 1.82) is 0 Å². The summed E-state index contributed by atoms with van der Waals surface area (Å²) in [6.07, 6.45) is 0. The Morgan fingerprint density at radius 2 is 1.81 bits per heavy atom. The predicted octanol–water partition coefficient (Wildman–Crippen LogP) is 2.12. The summed E-state index contributed by atoms with van der Waals surface area (Å²) in [5, 5.41) is 3.90. The highest BCUT2D eigenvalue weighted by Gasteiger charge is 2.09. The summed E-state index contributed by atoms with van der Waals surface area (Å²) in [6.45, 7) is 6.54. The van der Waals surface area contributed by atoms with Crippen molar-refractivity contribution in [2.24, 2.45) is 5.73 Å². The normalized spacial score (nSPS) is 10.8. The summed E-state index contributed by atoms with van der Waals surface area (Å²) in [6, 6.07) is 4.13. The lowest BCUT2D eigenvalue weighted by atomic mass is 10.0. The van der Waals surface area contributed by atoms with Gasteiger partial charge in [-0.2, -0.15) is 4.98 Å². The van der Waals surface area contributed by atoms with Crippen molar-refractivity contribution in [3.05, 3.63) is 34.7 Å². The van der Waals surface area contributed by atoms with E-state index in [4.69, 9.17) is 10.3 Å². The van der Waals surface area contributed by atoms with Crippen LogP contribution >= 0.6 is 0 Å². The molecule has 0 aliphatic carbocycles. The van der Waals surface area contributed by atoms with Gasteiger partial charge in [-0.25, -0.2) is 0 Å². The lowest BCUT2D eigenvalue weighted by Gasteiger charge is -2.06. The van der Waals surface area contributed by atoms with E-state index >= 15 is 0 Å². The molecule has 0 fully saturated rings. The van der Waals surface area contributed by atoms with Crippen LogP contribution in [0, 0.1) is 20.8 Å². The fourth-order valence-corrected chi connectivity index (χ4v) is 1.62. The molecule has 1 heterocycles. The van der Waals surface area contributed by atoms with Crippen molar-refractivity contribution >= 4 is 0 Å². The van der Waals surface area contributed by atoms with Gasteiger partial charge in [0.05, 0.1) is 6.54 Å². The second-order valence-corrected chi connectivity index (χ2v) is 3.95. The molecule has 1 aromatic carbocycles. The van der Waals surface area contributed by atoms with Crippen LogP contribution in [0.1, 0.15) is 22.6 Å². The number of aryl methyl sites for hydroxylation is 2. The summed E-state index contributed by atoms with van der Waals surface area (Å²) >= 11 is 0. The zero-order valence-corrected chi connectivity index (χ0v) is 9.74. The Balaban J connectivity index is 2.48. The van der Waals surface area contributed by atoms with Crippen LogP contribution in [0.2, 0.25) is 0 Å². The van der Waals surface area contributed by atoms with Crippen LogP contribution in [0.25, 0.3) is 11.4 Å². The number of benzene rings is 1. The van der Waals surface area contributed by atoms with E-state index in [0.29, 0.717) is 11.7 Å². The van der Waals surface area contributed by atoms with Gasteiger partial charge in [-0.15, -0.1) is 0 Å². The Kier molecular flexibility index (Phi) is 2.75. The quantitative estimate of drug-likeness (QED) is 0.836. The second-order valence-electron chi connectivity index (χ2n) is 3.95. The molecule has 0 amide bonds. The molecule has 0 spiro atoms. The standard InChI is InChI=1S/C12H15N3O/c1-7-4-10(5-8(2)9(7)3)12-14-11(6-13)16-15-12/h4-5H,6,13H2,1-3H3. The molecule has 1 aromatic heterocycles. The Morgan fingerprint density at radius 3 is 2.31 bits per heavy atom. The van der Waals surface area contributed by atoms with Crippen LogP contribution < -0.4 is 5.73 Å². The largest absolute Gasteiger partial charge is 0.338 e. The van der Waals surface area contributed by atoms with Gasteiger partial charge < -0.3 is 10.3 Å². The summed E-state index contributed by atoms with van der Waals surface area (Å²) in [4.78, 5) is 4.21. The first-order valence-corrected chi connectivity index (χ1v) is 5.22. The van der Waals surface area contributed by atoms with E-state index in [-0.39, 0.29) is 6.54 Å². The SMILES string of the molecule is Cc1cc(-c2noc(CN)n2)cc(C)c1C. The minimum absolute atomic E-state index is 0.275. The third-order valence-electron chi connectivity index (χ3n) is 2.83. The maximum absolute atomic E-state index is 5.43. The number of aromatic nitrogens is 2. The van der Waals surface area contributed by atoms with E-state index < -0.39 is 0 Å². The van der Waals surface area contributed by atoms with Crippen molar-refractivity contribution in [3.63, 3.8) is 0 Å². The molecular weight excluding hydrogens is 202 g/mol. The molecule has 0 radical (unpaired) electrons. The maximum atomic E-state index is 5.43. The highest BCUT2D eigenvalue weighted by atomic mass is 16.5. The Labute approximate surface area is 94.5 Å². The fourth-order valence-electron chi connectivity index (χ4n) is 1.62. The van der Waals surface area contributed by atoms with Crippen LogP contribution in [0.15, 0.2) is 16.7 Å². The van der Waals surface area contributed by atoms with Gasteiger partial charge >= 0.3 is 0 Å². The first-order chi connectivity index (χ1) is 7.61. The zero-order chi connectivity index (χ0) is 11.7. The first kappa shape index (κ1) is 10.8. The van der Waals surface area contributed by atoms with Crippen molar-refractivity contribution < 1.29 is 4.52 Å². The summed E-state index contributed by atoms with van der Waals surface area (Å²) in [7, 11) is 0. The second kappa shape index (κ2) is 4.06. The third kappa shape index (κ3) is 1.84. The van der Waals surface area contributed by atoms with Gasteiger partial charge in [0, 0.05) is 5.56 Å². The number of nitrogens with zero attached hydrogens (tertiary/aromatic N) is 2. The first-order valence-electron chi connectivity index (χ1n) is 5.22. The topological polar surface area (TPSA) is 64.9 Å². The lowest BCUT2D eigenvalue weighted by Crippen LogP contribution is -1.96. The molecule has 2 N–H and O–H groups in total. The average molecular weight is 217 g/mol. The minimum atomic E-state index is 0.275. The molecule has 0 saturated heterocycles. The van der Waals surface area contributed by atoms with Gasteiger partial charge in [-0.3, -0.25) is 0 Å². The van der Waals surface area contributed by atoms with E-state index in [2.05, 4.69) is 43.0 Å². The van der Waals surface area contributed by atoms with Crippen molar-refractivity contribution in [2.75, 3.05) is 0 Å². The van der Waals surface area contributed by atoms with Crippen molar-refractivity contribution in [1.82, 2.24) is 10.1 Å². The van der Waals surface area contributed by atoms with E-state index in [1.165, 1.54) is 16.7 Å². The summed E-state index contributed by atoms with van der Waals surface area (Å²) in [5.41, 5.74) is 10.2. The maximum Gasteiger partial charge on any atom is 0.240 e. The molecule has 0 bridgehead atoms. The van der Waals surface area contributed by atoms with Gasteiger partial charge in [-0.05, 0) is 49.6 Å². The molecule has 0 saturated carbocycles. The van der Waals surface area contributed by atoms with Crippen LogP contribution in [-0.2, 0) is 6.54 Å². The highest BCUT2D eigenvalue weighted by Crippen LogP contribution is 2.22. The molecular formula is C12H15N3O. The molecule has 84 valence electrons. The zero-order valence-electron chi connectivity index (χ0n) is 9.74. The van der Waals surface area contributed by atoms with E-state index in [9.17, 15) is 0 Å². The monoisotopic (exact) mass is 217 g/mol. The summed E-state index contributed by atoms with van der Waals surface area (Å²) < 4.78 is 4.99. The van der Waals surface area contributed by atoms with Gasteiger partial charge in [-0.1, -0.05) is 5.16 Å². The third-order valence-corrected chi connectivity index (χ3v) is 2.83. The Hall–Kier alpha value is -1.68. The molecule has 4 nitrogen and oxygen atoms in total. The predicted molar refractivity (Wildman–Crippen MR) is 61.8 cm³/mol. The highest BCUT2D eigenvalue weighted by molar-refractivity contribution is 5.58. The fraction of sp³-hybridized carbons (Fsp3) is 0.333. The number of rotatable bonds is 2. The summed E-state index contributed by atoms with van der Waals surface area (Å²) in [5.74, 6) is 1.07. The number of nitrogens with two attached hydrogens (primary N) is 1. The van der Waals surface area contributed by atoms with Gasteiger partial charge in [0.15, 0.2) is 0 Å². The molecule has 0 aliphatic rings. The van der Waals surface area contributed by atoms with Gasteiger partial charge in [0.25, 0.3) is 0 Å². The van der Waals surface area contributed by atoms with Crippen LogP contribution in [0.5, 0.6) is 0 Å². The van der Waals surface area contributed by atoms with E-state index in [1.807, 2.05) is 0 Å². The average Bonchev–Trinajstić information content (AvgIpc) is 2.73. The molecule has 0 atom stereocenters. The molecule has 0 aliphatic heterocycles. The Morgan fingerprint density at radius 1 is 1.19 bits per heavy atom. The number of hydrogen-bond donors (Lipinski definition) is 1. The molecule has 2 rings (SSSR count). The smallest absolute Gasteiger partial charge is 0.240 e.